The first-order valence-electron chi connectivity index (χ1n) is 12.9. The number of para-hydroxylation sites is 2. The highest BCUT2D eigenvalue weighted by atomic mass is 16.5. The fraction of sp³-hybridized carbons (Fsp3) is 0.0286. The number of anilines is 3. The maximum atomic E-state index is 5.63. The number of methoxy groups -OCH3 is 1. The zero-order chi connectivity index (χ0) is 25.2. The molecule has 0 amide bonds. The van der Waals surface area contributed by atoms with E-state index in [1.807, 2.05) is 6.07 Å². The van der Waals surface area contributed by atoms with Crippen molar-refractivity contribution in [3.05, 3.63) is 127 Å². The third-order valence-electron chi connectivity index (χ3n) is 7.77. The van der Waals surface area contributed by atoms with Crippen LogP contribution in [0.5, 0.6) is 5.75 Å². The van der Waals surface area contributed by atoms with Crippen LogP contribution in [-0.4, -0.2) is 11.7 Å². The molecule has 3 nitrogen and oxygen atoms in total. The minimum absolute atomic E-state index is 0.842. The summed E-state index contributed by atoms with van der Waals surface area (Å²) in [5, 5.41) is 5.03. The van der Waals surface area contributed by atoms with Crippen LogP contribution in [0.3, 0.4) is 0 Å². The standard InChI is InChI=1S/C35H24N2O/c1-38-26-15-9-14-25(20-26)37-32-19-8-11-23-10-7-17-28(35(23)32)30-21-29-27-16-5-6-18-31(27)36(33(29)22-34(30)37)24-12-3-2-4-13-24/h2-22H,1H3. The quantitative estimate of drug-likeness (QED) is 0.246. The third-order valence-corrected chi connectivity index (χ3v) is 7.77. The lowest BCUT2D eigenvalue weighted by molar-refractivity contribution is 0.415. The minimum atomic E-state index is 0.842. The highest BCUT2D eigenvalue weighted by Gasteiger charge is 2.28. The van der Waals surface area contributed by atoms with Crippen LogP contribution < -0.4 is 9.64 Å². The van der Waals surface area contributed by atoms with Crippen molar-refractivity contribution in [3.8, 4) is 22.6 Å². The Morgan fingerprint density at radius 3 is 2.16 bits per heavy atom. The summed E-state index contributed by atoms with van der Waals surface area (Å²) in [5.41, 5.74) is 9.48. The molecule has 2 heterocycles. The average Bonchev–Trinajstić information content (AvgIpc) is 3.30. The second-order valence-electron chi connectivity index (χ2n) is 9.79. The zero-order valence-electron chi connectivity index (χ0n) is 20.9. The van der Waals surface area contributed by atoms with Gasteiger partial charge in [0.1, 0.15) is 5.75 Å². The first kappa shape index (κ1) is 21.1. The van der Waals surface area contributed by atoms with Gasteiger partial charge in [-0.25, -0.2) is 0 Å². The molecule has 1 aromatic heterocycles. The second-order valence-corrected chi connectivity index (χ2v) is 9.79. The van der Waals surface area contributed by atoms with E-state index in [9.17, 15) is 0 Å². The Kier molecular flexibility index (Phi) is 4.44. The molecule has 180 valence electrons. The lowest BCUT2D eigenvalue weighted by Gasteiger charge is -2.34. The van der Waals surface area contributed by atoms with Gasteiger partial charge in [0.15, 0.2) is 0 Å². The summed E-state index contributed by atoms with van der Waals surface area (Å²) < 4.78 is 8.02. The first-order valence-corrected chi connectivity index (χ1v) is 12.9. The molecule has 3 heteroatoms. The molecule has 0 saturated heterocycles. The molecule has 0 aliphatic carbocycles. The van der Waals surface area contributed by atoms with Crippen LogP contribution in [0.25, 0.3) is 49.4 Å². The average molecular weight is 489 g/mol. The van der Waals surface area contributed by atoms with Gasteiger partial charge in [-0.3, -0.25) is 0 Å². The molecule has 0 saturated carbocycles. The Labute approximate surface area is 220 Å². The van der Waals surface area contributed by atoms with Crippen LogP contribution in [0, 0.1) is 0 Å². The maximum absolute atomic E-state index is 5.63. The van der Waals surface area contributed by atoms with Gasteiger partial charge in [0.2, 0.25) is 0 Å². The van der Waals surface area contributed by atoms with Crippen LogP contribution in [0.15, 0.2) is 127 Å². The van der Waals surface area contributed by atoms with E-state index in [4.69, 9.17) is 4.74 Å². The molecular weight excluding hydrogens is 464 g/mol. The van der Waals surface area contributed by atoms with E-state index in [1.165, 1.54) is 49.4 Å². The van der Waals surface area contributed by atoms with Gasteiger partial charge in [0, 0.05) is 39.2 Å². The fourth-order valence-electron chi connectivity index (χ4n) is 6.15. The van der Waals surface area contributed by atoms with Gasteiger partial charge in [-0.1, -0.05) is 72.8 Å². The summed E-state index contributed by atoms with van der Waals surface area (Å²) in [6.07, 6.45) is 0. The number of ether oxygens (including phenoxy) is 1. The highest BCUT2D eigenvalue weighted by Crippen LogP contribution is 2.53. The summed E-state index contributed by atoms with van der Waals surface area (Å²) in [6, 6.07) is 45.7. The minimum Gasteiger partial charge on any atom is -0.497 e. The Morgan fingerprint density at radius 2 is 1.29 bits per heavy atom. The van der Waals surface area contributed by atoms with Crippen molar-refractivity contribution in [2.75, 3.05) is 12.0 Å². The molecule has 7 aromatic rings. The van der Waals surface area contributed by atoms with Gasteiger partial charge >= 0.3 is 0 Å². The molecular formula is C35H24N2O. The molecule has 0 unspecified atom stereocenters. The van der Waals surface area contributed by atoms with E-state index in [2.05, 4.69) is 131 Å². The van der Waals surface area contributed by atoms with Gasteiger partial charge in [-0.05, 0) is 59.5 Å². The molecule has 0 bridgehead atoms. The van der Waals surface area contributed by atoms with Crippen LogP contribution >= 0.6 is 0 Å². The summed E-state index contributed by atoms with van der Waals surface area (Å²) >= 11 is 0. The topological polar surface area (TPSA) is 17.4 Å². The molecule has 0 N–H and O–H groups in total. The van der Waals surface area contributed by atoms with Crippen LogP contribution in [0.4, 0.5) is 17.1 Å². The molecule has 1 aliphatic heterocycles. The normalized spacial score (nSPS) is 12.3. The number of hydrogen-bond acceptors (Lipinski definition) is 2. The van der Waals surface area contributed by atoms with Crippen molar-refractivity contribution in [1.82, 2.24) is 4.57 Å². The molecule has 8 rings (SSSR count). The largest absolute Gasteiger partial charge is 0.497 e. The molecule has 0 fully saturated rings. The molecule has 1 aliphatic rings. The highest BCUT2D eigenvalue weighted by molar-refractivity contribution is 6.18. The Bertz CT molecular complexity index is 2010. The predicted octanol–water partition coefficient (Wildman–Crippen LogP) is 9.40. The summed E-state index contributed by atoms with van der Waals surface area (Å²) in [7, 11) is 1.72. The zero-order valence-corrected chi connectivity index (χ0v) is 20.9. The van der Waals surface area contributed by atoms with Gasteiger partial charge < -0.3 is 14.2 Å². The Hall–Kier alpha value is -5.02. The SMILES string of the molecule is COc1cccc(N2c3cc4c(cc3-c3cccc5cccc2c35)c2ccccc2n4-c2ccccc2)c1. The number of fused-ring (bicyclic) bond motifs is 5. The number of hydrogen-bond donors (Lipinski definition) is 0. The van der Waals surface area contributed by atoms with E-state index in [0.717, 1.165) is 22.8 Å². The number of nitrogens with zero attached hydrogens (tertiary/aromatic N) is 2. The van der Waals surface area contributed by atoms with Gasteiger partial charge in [-0.15, -0.1) is 0 Å². The summed E-state index contributed by atoms with van der Waals surface area (Å²) in [6.45, 7) is 0. The van der Waals surface area contributed by atoms with Crippen molar-refractivity contribution < 1.29 is 4.74 Å². The molecule has 0 radical (unpaired) electrons. The molecule has 0 atom stereocenters. The number of rotatable bonds is 3. The monoisotopic (exact) mass is 488 g/mol. The van der Waals surface area contributed by atoms with E-state index < -0.39 is 0 Å². The fourth-order valence-corrected chi connectivity index (χ4v) is 6.15. The second kappa shape index (κ2) is 7.99. The van der Waals surface area contributed by atoms with Crippen LogP contribution in [0.1, 0.15) is 0 Å². The van der Waals surface area contributed by atoms with Crippen molar-refractivity contribution in [1.29, 1.82) is 0 Å². The van der Waals surface area contributed by atoms with E-state index >= 15 is 0 Å². The maximum Gasteiger partial charge on any atom is 0.120 e. The molecule has 0 spiro atoms. The van der Waals surface area contributed by atoms with Gasteiger partial charge in [0.25, 0.3) is 0 Å². The lowest BCUT2D eigenvalue weighted by Crippen LogP contribution is -2.15. The summed E-state index contributed by atoms with van der Waals surface area (Å²) in [5.74, 6) is 0.842. The summed E-state index contributed by atoms with van der Waals surface area (Å²) in [4.78, 5) is 2.39. The van der Waals surface area contributed by atoms with Crippen LogP contribution in [0.2, 0.25) is 0 Å². The number of benzene rings is 6. The predicted molar refractivity (Wildman–Crippen MR) is 159 cm³/mol. The number of aromatic nitrogens is 1. The lowest BCUT2D eigenvalue weighted by atomic mass is 9.90. The van der Waals surface area contributed by atoms with Crippen LogP contribution in [-0.2, 0) is 0 Å². The van der Waals surface area contributed by atoms with E-state index in [0.29, 0.717) is 0 Å². The van der Waals surface area contributed by atoms with Crippen molar-refractivity contribution in [2.24, 2.45) is 0 Å². The Balaban J connectivity index is 1.54. The first-order chi connectivity index (χ1) is 18.8. The molecule has 6 aromatic carbocycles. The smallest absolute Gasteiger partial charge is 0.120 e. The van der Waals surface area contributed by atoms with Crippen molar-refractivity contribution in [3.63, 3.8) is 0 Å². The van der Waals surface area contributed by atoms with Crippen molar-refractivity contribution >= 4 is 49.6 Å². The Morgan fingerprint density at radius 1 is 0.526 bits per heavy atom. The van der Waals surface area contributed by atoms with Gasteiger partial charge in [0.05, 0.1) is 29.5 Å². The van der Waals surface area contributed by atoms with Gasteiger partial charge in [-0.2, -0.15) is 0 Å². The molecule has 38 heavy (non-hydrogen) atoms. The van der Waals surface area contributed by atoms with E-state index in [1.54, 1.807) is 7.11 Å². The van der Waals surface area contributed by atoms with Crippen molar-refractivity contribution in [2.45, 2.75) is 0 Å². The third kappa shape index (κ3) is 2.90. The van der Waals surface area contributed by atoms with E-state index in [-0.39, 0.29) is 0 Å².